The van der Waals surface area contributed by atoms with E-state index in [0.717, 1.165) is 69.8 Å². The predicted octanol–water partition coefficient (Wildman–Crippen LogP) is 1.27. The second-order valence-corrected chi connectivity index (χ2v) is 11.3. The minimum Gasteiger partial charge on any atom is -0.480 e. The number of aliphatic carboxylic acids is 1. The number of carbonyl (C=O) groups is 2. The molecular formula is C27H43N5O5. The van der Waals surface area contributed by atoms with Crippen LogP contribution in [0.4, 0.5) is 5.82 Å². The van der Waals surface area contributed by atoms with Crippen molar-refractivity contribution in [2.24, 2.45) is 0 Å². The van der Waals surface area contributed by atoms with Crippen LogP contribution in [0.25, 0.3) is 0 Å². The molecule has 4 rings (SSSR count). The van der Waals surface area contributed by atoms with Gasteiger partial charge in [-0.1, -0.05) is 6.07 Å². The fourth-order valence-corrected chi connectivity index (χ4v) is 5.62. The SMILES string of the molecule is CC(C)(O)CN1CCC[C@H]1C(=O)N[C@@H](CCN1CC[C@@H](OCCc2ccc3c(n2)NCCC3)C1)C(=O)O. The number of carboxylic acid groups (broad SMARTS) is 1. The molecule has 0 spiro atoms. The average molecular weight is 518 g/mol. The molecule has 0 aliphatic carbocycles. The maximum Gasteiger partial charge on any atom is 0.326 e. The molecule has 206 valence electrons. The number of amides is 1. The molecule has 1 amide bonds. The number of aryl methyl sites for hydroxylation is 1. The van der Waals surface area contributed by atoms with Gasteiger partial charge < -0.3 is 30.5 Å². The molecule has 37 heavy (non-hydrogen) atoms. The molecule has 4 N–H and O–H groups in total. The summed E-state index contributed by atoms with van der Waals surface area (Å²) in [5, 5.41) is 26.0. The molecule has 0 bridgehead atoms. The average Bonchev–Trinajstić information content (AvgIpc) is 3.49. The Bertz CT molecular complexity index is 936. The van der Waals surface area contributed by atoms with Crippen molar-refractivity contribution in [2.75, 3.05) is 51.2 Å². The molecule has 0 radical (unpaired) electrons. The van der Waals surface area contributed by atoms with Crippen molar-refractivity contribution in [1.29, 1.82) is 0 Å². The van der Waals surface area contributed by atoms with E-state index in [2.05, 4.69) is 27.7 Å². The molecule has 1 aromatic rings. The maximum atomic E-state index is 12.9. The third-order valence-electron chi connectivity index (χ3n) is 7.50. The van der Waals surface area contributed by atoms with Gasteiger partial charge in [-0.25, -0.2) is 9.78 Å². The van der Waals surface area contributed by atoms with Crippen LogP contribution in [-0.4, -0.2) is 107 Å². The van der Waals surface area contributed by atoms with Crippen LogP contribution >= 0.6 is 0 Å². The van der Waals surface area contributed by atoms with Gasteiger partial charge in [0.1, 0.15) is 11.9 Å². The summed E-state index contributed by atoms with van der Waals surface area (Å²) < 4.78 is 6.11. The van der Waals surface area contributed by atoms with E-state index in [1.807, 2.05) is 4.90 Å². The number of carbonyl (C=O) groups excluding carboxylic acids is 1. The minimum absolute atomic E-state index is 0.127. The molecule has 4 heterocycles. The molecule has 0 aromatic carbocycles. The Morgan fingerprint density at radius 3 is 2.89 bits per heavy atom. The molecule has 10 heteroatoms. The first-order chi connectivity index (χ1) is 17.7. The van der Waals surface area contributed by atoms with Crippen molar-refractivity contribution in [2.45, 2.75) is 82.6 Å². The van der Waals surface area contributed by atoms with Gasteiger partial charge in [-0.05, 0) is 70.5 Å². The van der Waals surface area contributed by atoms with E-state index in [1.54, 1.807) is 13.8 Å². The Hall–Kier alpha value is -2.27. The summed E-state index contributed by atoms with van der Waals surface area (Å²) in [7, 11) is 0. The van der Waals surface area contributed by atoms with Crippen LogP contribution in [0.1, 0.15) is 57.2 Å². The second-order valence-electron chi connectivity index (χ2n) is 11.3. The van der Waals surface area contributed by atoms with Gasteiger partial charge in [-0.15, -0.1) is 0 Å². The van der Waals surface area contributed by atoms with E-state index in [-0.39, 0.29) is 12.0 Å². The number of likely N-dealkylation sites (tertiary alicyclic amines) is 2. The summed E-state index contributed by atoms with van der Waals surface area (Å²) in [5.74, 6) is -0.268. The quantitative estimate of drug-likeness (QED) is 0.324. The van der Waals surface area contributed by atoms with Crippen molar-refractivity contribution in [3.8, 4) is 0 Å². The largest absolute Gasteiger partial charge is 0.480 e. The minimum atomic E-state index is -1.01. The third kappa shape index (κ3) is 8.10. The van der Waals surface area contributed by atoms with Gasteiger partial charge in [0.15, 0.2) is 0 Å². The molecule has 2 saturated heterocycles. The summed E-state index contributed by atoms with van der Waals surface area (Å²) in [6.45, 7) is 8.35. The zero-order valence-corrected chi connectivity index (χ0v) is 22.2. The molecule has 0 saturated carbocycles. The number of nitrogens with zero attached hydrogens (tertiary/aromatic N) is 3. The number of rotatable bonds is 12. The van der Waals surface area contributed by atoms with E-state index in [0.29, 0.717) is 32.5 Å². The molecule has 10 nitrogen and oxygen atoms in total. The van der Waals surface area contributed by atoms with Crippen LogP contribution in [-0.2, 0) is 27.2 Å². The molecule has 3 aliphatic rings. The van der Waals surface area contributed by atoms with Gasteiger partial charge in [0.05, 0.1) is 24.4 Å². The molecule has 1 aromatic heterocycles. The van der Waals surface area contributed by atoms with Gasteiger partial charge in [0.2, 0.25) is 5.91 Å². The van der Waals surface area contributed by atoms with E-state index in [4.69, 9.17) is 9.72 Å². The van der Waals surface area contributed by atoms with Gasteiger partial charge in [-0.2, -0.15) is 0 Å². The molecule has 3 atom stereocenters. The van der Waals surface area contributed by atoms with Gasteiger partial charge in [0, 0.05) is 44.8 Å². The Balaban J connectivity index is 1.18. The standard InChI is InChI=1S/C27H43N5O5/c1-27(2,36)18-32-13-4-6-23(32)25(33)30-22(26(34)35)10-15-31-14-9-21(17-31)37-16-11-20-8-7-19-5-3-12-28-24(19)29-20/h7-8,21-23,36H,3-6,9-18H2,1-2H3,(H,28,29)(H,30,33)(H,34,35)/t21-,22+,23+/m1/s1. The highest BCUT2D eigenvalue weighted by Crippen LogP contribution is 2.22. The molecule has 3 aliphatic heterocycles. The van der Waals surface area contributed by atoms with Crippen molar-refractivity contribution < 1.29 is 24.5 Å². The maximum absolute atomic E-state index is 12.9. The summed E-state index contributed by atoms with van der Waals surface area (Å²) >= 11 is 0. The lowest BCUT2D eigenvalue weighted by Crippen LogP contribution is -2.52. The van der Waals surface area contributed by atoms with Crippen molar-refractivity contribution in [3.05, 3.63) is 23.4 Å². The number of nitrogens with one attached hydrogen (secondary N) is 2. The highest BCUT2D eigenvalue weighted by molar-refractivity contribution is 5.87. The lowest BCUT2D eigenvalue weighted by molar-refractivity contribution is -0.143. The first kappa shape index (κ1) is 27.8. The number of fused-ring (bicyclic) bond motifs is 1. The van der Waals surface area contributed by atoms with E-state index in [1.165, 1.54) is 5.56 Å². The number of carboxylic acids is 1. The van der Waals surface area contributed by atoms with Crippen LogP contribution in [0.3, 0.4) is 0 Å². The monoisotopic (exact) mass is 517 g/mol. The van der Waals surface area contributed by atoms with Gasteiger partial charge in [-0.3, -0.25) is 9.69 Å². The zero-order valence-electron chi connectivity index (χ0n) is 22.2. The topological polar surface area (TPSA) is 127 Å². The van der Waals surface area contributed by atoms with Crippen LogP contribution < -0.4 is 10.6 Å². The number of aliphatic hydroxyl groups is 1. The number of ether oxygens (including phenoxy) is 1. The van der Waals surface area contributed by atoms with Gasteiger partial charge >= 0.3 is 5.97 Å². The van der Waals surface area contributed by atoms with Gasteiger partial charge in [0.25, 0.3) is 0 Å². The Morgan fingerprint density at radius 1 is 1.27 bits per heavy atom. The molecule has 0 unspecified atom stereocenters. The molecule has 2 fully saturated rings. The Kier molecular flexibility index (Phi) is 9.39. The van der Waals surface area contributed by atoms with Crippen LogP contribution in [0.5, 0.6) is 0 Å². The lowest BCUT2D eigenvalue weighted by atomic mass is 10.1. The van der Waals surface area contributed by atoms with Crippen LogP contribution in [0.15, 0.2) is 12.1 Å². The van der Waals surface area contributed by atoms with E-state index < -0.39 is 23.7 Å². The number of hydrogen-bond acceptors (Lipinski definition) is 8. The predicted molar refractivity (Wildman–Crippen MR) is 141 cm³/mol. The number of hydrogen-bond donors (Lipinski definition) is 4. The highest BCUT2D eigenvalue weighted by Gasteiger charge is 2.35. The number of β-amino-alcohol motifs (C(OH)–C–C–N with tert-alkyl or cyclic N) is 1. The van der Waals surface area contributed by atoms with E-state index >= 15 is 0 Å². The summed E-state index contributed by atoms with van der Waals surface area (Å²) in [6.07, 6.45) is 5.92. The van der Waals surface area contributed by atoms with Crippen LogP contribution in [0.2, 0.25) is 0 Å². The normalized spacial score (nSPS) is 23.4. The lowest BCUT2D eigenvalue weighted by Gasteiger charge is -2.30. The van der Waals surface area contributed by atoms with Crippen molar-refractivity contribution in [1.82, 2.24) is 20.1 Å². The number of aromatic nitrogens is 1. The number of pyridine rings is 1. The molecular weight excluding hydrogens is 474 g/mol. The van der Waals surface area contributed by atoms with Crippen molar-refractivity contribution in [3.63, 3.8) is 0 Å². The third-order valence-corrected chi connectivity index (χ3v) is 7.50. The van der Waals surface area contributed by atoms with E-state index in [9.17, 15) is 19.8 Å². The zero-order chi connectivity index (χ0) is 26.4. The number of anilines is 1. The van der Waals surface area contributed by atoms with Crippen molar-refractivity contribution >= 4 is 17.7 Å². The summed E-state index contributed by atoms with van der Waals surface area (Å²) in [5.41, 5.74) is 1.41. The fourth-order valence-electron chi connectivity index (χ4n) is 5.62. The summed E-state index contributed by atoms with van der Waals surface area (Å²) in [4.78, 5) is 33.6. The highest BCUT2D eigenvalue weighted by atomic mass is 16.5. The first-order valence-electron chi connectivity index (χ1n) is 13.7. The second kappa shape index (κ2) is 12.5. The first-order valence-corrected chi connectivity index (χ1v) is 13.7. The Labute approximate surface area is 219 Å². The smallest absolute Gasteiger partial charge is 0.326 e. The Morgan fingerprint density at radius 2 is 2.11 bits per heavy atom. The van der Waals surface area contributed by atoms with Crippen LogP contribution in [0, 0.1) is 0 Å². The fraction of sp³-hybridized carbons (Fsp3) is 0.741. The summed E-state index contributed by atoms with van der Waals surface area (Å²) in [6, 6.07) is 2.93.